The number of phenolic OH excluding ortho intramolecular Hbond substituents is 2. The zero-order valence-electron chi connectivity index (χ0n) is 15.6. The second-order valence-corrected chi connectivity index (χ2v) is 6.36. The number of nitrogens with one attached hydrogen (secondary N) is 2. The van der Waals surface area contributed by atoms with Gasteiger partial charge in [-0.3, -0.25) is 9.59 Å². The van der Waals surface area contributed by atoms with Gasteiger partial charge in [0.2, 0.25) is 11.8 Å². The van der Waals surface area contributed by atoms with Crippen molar-refractivity contribution in [1.82, 2.24) is 5.43 Å². The highest BCUT2D eigenvalue weighted by atomic mass is 16.3. The van der Waals surface area contributed by atoms with Crippen molar-refractivity contribution in [3.8, 4) is 11.5 Å². The third-order valence-electron chi connectivity index (χ3n) is 4.03. The number of hydrogen-bond donors (Lipinski definition) is 4. The van der Waals surface area contributed by atoms with Gasteiger partial charge in [-0.2, -0.15) is 5.10 Å². The molecule has 7 nitrogen and oxygen atoms in total. The lowest BCUT2D eigenvalue weighted by atomic mass is 10.1. The van der Waals surface area contributed by atoms with E-state index in [0.29, 0.717) is 18.5 Å². The van der Waals surface area contributed by atoms with E-state index < -0.39 is 0 Å². The first-order chi connectivity index (χ1) is 13.5. The maximum atomic E-state index is 11.8. The van der Waals surface area contributed by atoms with E-state index in [1.807, 2.05) is 0 Å². The predicted molar refractivity (Wildman–Crippen MR) is 108 cm³/mol. The minimum absolute atomic E-state index is 0.0509. The Hall–Kier alpha value is -3.35. The standard InChI is InChI=1S/C21H25N3O4/c25-17-13-11-16(12-14-17)15-22-24-21(28)10-4-2-1-3-9-20(27)23-18-7-5-6-8-19(18)26/h5-8,11-15,25-26H,1-4,9-10H2,(H,23,27)(H,24,28)/b22-15+. The molecule has 0 aromatic heterocycles. The van der Waals surface area contributed by atoms with Gasteiger partial charge in [-0.15, -0.1) is 0 Å². The molecule has 28 heavy (non-hydrogen) atoms. The number of amides is 2. The van der Waals surface area contributed by atoms with Gasteiger partial charge in [0.15, 0.2) is 0 Å². The summed E-state index contributed by atoms with van der Waals surface area (Å²) in [6.07, 6.45) is 5.40. The van der Waals surface area contributed by atoms with E-state index in [2.05, 4.69) is 15.8 Å². The number of carbonyl (C=O) groups is 2. The van der Waals surface area contributed by atoms with E-state index in [1.54, 1.807) is 42.5 Å². The molecule has 2 aromatic carbocycles. The zero-order valence-corrected chi connectivity index (χ0v) is 15.6. The first kappa shape index (κ1) is 21.0. The number of phenols is 2. The third-order valence-corrected chi connectivity index (χ3v) is 4.03. The summed E-state index contributed by atoms with van der Waals surface area (Å²) in [5.41, 5.74) is 3.66. The van der Waals surface area contributed by atoms with E-state index in [4.69, 9.17) is 0 Å². The van der Waals surface area contributed by atoms with Crippen LogP contribution in [0.15, 0.2) is 53.6 Å². The summed E-state index contributed by atoms with van der Waals surface area (Å²) in [6, 6.07) is 13.1. The van der Waals surface area contributed by atoms with Gasteiger partial charge in [0.05, 0.1) is 11.9 Å². The van der Waals surface area contributed by atoms with Crippen LogP contribution in [0.2, 0.25) is 0 Å². The molecule has 148 valence electrons. The Balaban J connectivity index is 1.52. The molecule has 0 heterocycles. The molecule has 4 N–H and O–H groups in total. The Bertz CT molecular complexity index is 804. The normalized spacial score (nSPS) is 10.7. The summed E-state index contributed by atoms with van der Waals surface area (Å²) in [5, 5.41) is 25.4. The van der Waals surface area contributed by atoms with E-state index in [0.717, 1.165) is 31.2 Å². The summed E-state index contributed by atoms with van der Waals surface area (Å²) in [7, 11) is 0. The molecular weight excluding hydrogens is 358 g/mol. The van der Waals surface area contributed by atoms with Crippen LogP contribution in [0, 0.1) is 0 Å². The number of carbonyl (C=O) groups excluding carboxylic acids is 2. The first-order valence-electron chi connectivity index (χ1n) is 9.23. The van der Waals surface area contributed by atoms with Crippen LogP contribution in [0.4, 0.5) is 5.69 Å². The Morgan fingerprint density at radius 3 is 2.18 bits per heavy atom. The van der Waals surface area contributed by atoms with Crippen molar-refractivity contribution in [1.29, 1.82) is 0 Å². The first-order valence-corrected chi connectivity index (χ1v) is 9.23. The minimum Gasteiger partial charge on any atom is -0.508 e. The van der Waals surface area contributed by atoms with Crippen LogP contribution in [0.1, 0.15) is 44.1 Å². The van der Waals surface area contributed by atoms with Crippen LogP contribution in [0.25, 0.3) is 0 Å². The van der Waals surface area contributed by atoms with Gasteiger partial charge >= 0.3 is 0 Å². The van der Waals surface area contributed by atoms with Gasteiger partial charge in [0.1, 0.15) is 11.5 Å². The Morgan fingerprint density at radius 1 is 0.857 bits per heavy atom. The number of nitrogens with zero attached hydrogens (tertiary/aromatic N) is 1. The second kappa shape index (κ2) is 11.4. The van der Waals surface area contributed by atoms with Crippen LogP contribution in [0.3, 0.4) is 0 Å². The van der Waals surface area contributed by atoms with Gasteiger partial charge < -0.3 is 15.5 Å². The molecular formula is C21H25N3O4. The average Bonchev–Trinajstić information content (AvgIpc) is 2.68. The molecule has 0 aliphatic carbocycles. The molecule has 2 rings (SSSR count). The van der Waals surface area contributed by atoms with Gasteiger partial charge in [0.25, 0.3) is 0 Å². The maximum Gasteiger partial charge on any atom is 0.240 e. The smallest absolute Gasteiger partial charge is 0.240 e. The van der Waals surface area contributed by atoms with E-state index in [-0.39, 0.29) is 23.3 Å². The molecule has 2 aromatic rings. The Morgan fingerprint density at radius 2 is 1.50 bits per heavy atom. The summed E-state index contributed by atoms with van der Waals surface area (Å²) in [6.45, 7) is 0. The van der Waals surface area contributed by atoms with Crippen LogP contribution in [-0.4, -0.2) is 28.2 Å². The number of hydrogen-bond acceptors (Lipinski definition) is 5. The molecule has 7 heteroatoms. The highest BCUT2D eigenvalue weighted by Crippen LogP contribution is 2.21. The molecule has 0 unspecified atom stereocenters. The van der Waals surface area contributed by atoms with Crippen molar-refractivity contribution in [2.45, 2.75) is 38.5 Å². The van der Waals surface area contributed by atoms with E-state index >= 15 is 0 Å². The highest BCUT2D eigenvalue weighted by Gasteiger charge is 2.05. The van der Waals surface area contributed by atoms with Gasteiger partial charge in [-0.1, -0.05) is 25.0 Å². The van der Waals surface area contributed by atoms with Crippen molar-refractivity contribution in [2.24, 2.45) is 5.10 Å². The van der Waals surface area contributed by atoms with Crippen molar-refractivity contribution in [3.05, 3.63) is 54.1 Å². The van der Waals surface area contributed by atoms with Crippen molar-refractivity contribution < 1.29 is 19.8 Å². The van der Waals surface area contributed by atoms with E-state index in [1.165, 1.54) is 12.3 Å². The molecule has 0 saturated carbocycles. The SMILES string of the molecule is O=C(CCCCCCC(=O)Nc1ccccc1O)N/N=C/c1ccc(O)cc1. The number of hydrazone groups is 1. The maximum absolute atomic E-state index is 11.8. The number of rotatable bonds is 10. The lowest BCUT2D eigenvalue weighted by Gasteiger charge is -2.06. The van der Waals surface area contributed by atoms with Gasteiger partial charge in [-0.25, -0.2) is 5.43 Å². The molecule has 0 atom stereocenters. The lowest BCUT2D eigenvalue weighted by molar-refractivity contribution is -0.121. The fourth-order valence-electron chi connectivity index (χ4n) is 2.51. The summed E-state index contributed by atoms with van der Waals surface area (Å²) < 4.78 is 0. The van der Waals surface area contributed by atoms with Crippen molar-refractivity contribution >= 4 is 23.7 Å². The van der Waals surface area contributed by atoms with E-state index in [9.17, 15) is 19.8 Å². The second-order valence-electron chi connectivity index (χ2n) is 6.36. The summed E-state index contributed by atoms with van der Waals surface area (Å²) >= 11 is 0. The Kier molecular flexibility index (Phi) is 8.52. The van der Waals surface area contributed by atoms with Crippen LogP contribution in [0.5, 0.6) is 11.5 Å². The third kappa shape index (κ3) is 7.90. The number of unbranched alkanes of at least 4 members (excludes halogenated alkanes) is 3. The predicted octanol–water partition coefficient (Wildman–Crippen LogP) is 3.53. The fraction of sp³-hybridized carbons (Fsp3) is 0.286. The molecule has 0 spiro atoms. The largest absolute Gasteiger partial charge is 0.508 e. The molecule has 0 aliphatic heterocycles. The lowest BCUT2D eigenvalue weighted by Crippen LogP contribution is -2.16. The number of benzene rings is 2. The number of para-hydroxylation sites is 2. The van der Waals surface area contributed by atoms with Crippen LogP contribution < -0.4 is 10.7 Å². The zero-order chi connectivity index (χ0) is 20.2. The summed E-state index contributed by atoms with van der Waals surface area (Å²) in [4.78, 5) is 23.6. The van der Waals surface area contributed by atoms with Gasteiger partial charge in [-0.05, 0) is 54.8 Å². The Labute approximate surface area is 164 Å². The fourth-order valence-corrected chi connectivity index (χ4v) is 2.51. The minimum atomic E-state index is -0.160. The molecule has 0 radical (unpaired) electrons. The molecule has 0 saturated heterocycles. The highest BCUT2D eigenvalue weighted by molar-refractivity contribution is 5.92. The number of aromatic hydroxyl groups is 2. The van der Waals surface area contributed by atoms with Crippen molar-refractivity contribution in [3.63, 3.8) is 0 Å². The molecule has 2 amide bonds. The van der Waals surface area contributed by atoms with Crippen LogP contribution in [-0.2, 0) is 9.59 Å². The average molecular weight is 383 g/mol. The number of anilines is 1. The monoisotopic (exact) mass is 383 g/mol. The quantitative estimate of drug-likeness (QED) is 0.218. The topological polar surface area (TPSA) is 111 Å². The molecule has 0 fully saturated rings. The molecule has 0 aliphatic rings. The summed E-state index contributed by atoms with van der Waals surface area (Å²) in [5.74, 6) is -0.0676. The van der Waals surface area contributed by atoms with Crippen LogP contribution >= 0.6 is 0 Å². The van der Waals surface area contributed by atoms with Crippen molar-refractivity contribution in [2.75, 3.05) is 5.32 Å². The van der Waals surface area contributed by atoms with Gasteiger partial charge in [0, 0.05) is 12.8 Å². The molecule has 0 bridgehead atoms.